The fourth-order valence-corrected chi connectivity index (χ4v) is 4.60. The largest absolute Gasteiger partial charge is 0.383 e. The first-order valence-electron chi connectivity index (χ1n) is 8.86. The fourth-order valence-electron chi connectivity index (χ4n) is 4.60. The number of ether oxygens (including phenoxy) is 1. The molecule has 0 bridgehead atoms. The van der Waals surface area contributed by atoms with E-state index in [4.69, 9.17) is 4.74 Å². The van der Waals surface area contributed by atoms with E-state index in [1.165, 1.54) is 12.8 Å². The fraction of sp³-hybridized carbons (Fsp3) is 0.941. The van der Waals surface area contributed by atoms with Crippen molar-refractivity contribution in [1.29, 1.82) is 0 Å². The lowest BCUT2D eigenvalue weighted by atomic mass is 9.80. The predicted octanol–water partition coefficient (Wildman–Crippen LogP) is 2.53. The molecule has 4 nitrogen and oxygen atoms in total. The van der Waals surface area contributed by atoms with E-state index in [1.807, 2.05) is 4.90 Å². The summed E-state index contributed by atoms with van der Waals surface area (Å²) >= 11 is 0. The minimum atomic E-state index is -2.62. The monoisotopic (exact) mass is 330 g/mol. The van der Waals surface area contributed by atoms with Crippen LogP contribution in [0.25, 0.3) is 0 Å². The van der Waals surface area contributed by atoms with Crippen LogP contribution in [0.5, 0.6) is 0 Å². The molecule has 1 aliphatic carbocycles. The van der Waals surface area contributed by atoms with Gasteiger partial charge < -0.3 is 9.64 Å². The highest BCUT2D eigenvalue weighted by molar-refractivity contribution is 5.80. The normalized spacial score (nSPS) is 32.0. The average Bonchev–Trinajstić information content (AvgIpc) is 2.74. The van der Waals surface area contributed by atoms with Crippen LogP contribution in [-0.2, 0) is 9.53 Å². The number of nitrogens with zero attached hydrogens (tertiary/aromatic N) is 2. The van der Waals surface area contributed by atoms with Gasteiger partial charge in [-0.25, -0.2) is 8.78 Å². The van der Waals surface area contributed by atoms with E-state index in [0.717, 1.165) is 45.5 Å². The Balaban J connectivity index is 1.57. The number of methoxy groups -OCH3 is 1. The van der Waals surface area contributed by atoms with Gasteiger partial charge in [0.1, 0.15) is 0 Å². The Morgan fingerprint density at radius 1 is 1.13 bits per heavy atom. The number of rotatable bonds is 4. The van der Waals surface area contributed by atoms with Gasteiger partial charge in [-0.3, -0.25) is 9.69 Å². The van der Waals surface area contributed by atoms with E-state index in [0.29, 0.717) is 6.54 Å². The molecule has 0 aromatic carbocycles. The molecule has 0 aromatic rings. The van der Waals surface area contributed by atoms with Crippen LogP contribution in [0.4, 0.5) is 8.78 Å². The van der Waals surface area contributed by atoms with Crippen molar-refractivity contribution in [3.05, 3.63) is 0 Å². The third-order valence-electron chi connectivity index (χ3n) is 5.97. The molecular weight excluding hydrogens is 302 g/mol. The smallest absolute Gasteiger partial charge is 0.249 e. The first kappa shape index (κ1) is 17.1. The number of hydrogen-bond donors (Lipinski definition) is 0. The van der Waals surface area contributed by atoms with Crippen molar-refractivity contribution < 1.29 is 18.3 Å². The van der Waals surface area contributed by atoms with Gasteiger partial charge >= 0.3 is 0 Å². The molecule has 2 heterocycles. The van der Waals surface area contributed by atoms with Crippen LogP contribution >= 0.6 is 0 Å². The lowest BCUT2D eigenvalue weighted by Gasteiger charge is -2.39. The molecule has 1 amide bonds. The molecule has 3 fully saturated rings. The van der Waals surface area contributed by atoms with Gasteiger partial charge in [-0.05, 0) is 38.6 Å². The first-order chi connectivity index (χ1) is 11.0. The quantitative estimate of drug-likeness (QED) is 0.794. The van der Waals surface area contributed by atoms with E-state index < -0.39 is 11.8 Å². The van der Waals surface area contributed by atoms with Crippen molar-refractivity contribution in [3.63, 3.8) is 0 Å². The molecule has 1 unspecified atom stereocenters. The molecule has 6 heteroatoms. The van der Waals surface area contributed by atoms with E-state index >= 15 is 0 Å². The van der Waals surface area contributed by atoms with Crippen molar-refractivity contribution in [2.75, 3.05) is 39.9 Å². The summed E-state index contributed by atoms with van der Waals surface area (Å²) in [5.41, 5.74) is 0.192. The summed E-state index contributed by atoms with van der Waals surface area (Å²) in [4.78, 5) is 16.8. The molecule has 1 saturated carbocycles. The summed E-state index contributed by atoms with van der Waals surface area (Å²) in [6, 6.07) is 0. The van der Waals surface area contributed by atoms with E-state index in [2.05, 4.69) is 4.90 Å². The highest BCUT2D eigenvalue weighted by atomic mass is 19.3. The van der Waals surface area contributed by atoms with Gasteiger partial charge in [0.15, 0.2) is 0 Å². The summed E-state index contributed by atoms with van der Waals surface area (Å²) in [5.74, 6) is -3.11. The van der Waals surface area contributed by atoms with Crippen LogP contribution in [0.2, 0.25) is 0 Å². The second-order valence-electron chi connectivity index (χ2n) is 7.45. The van der Waals surface area contributed by atoms with E-state index in [1.54, 1.807) is 7.11 Å². The van der Waals surface area contributed by atoms with Crippen LogP contribution in [0.3, 0.4) is 0 Å². The molecule has 1 spiro atoms. The van der Waals surface area contributed by atoms with Gasteiger partial charge in [0, 0.05) is 51.0 Å². The Kier molecular flexibility index (Phi) is 4.93. The van der Waals surface area contributed by atoms with Gasteiger partial charge in [-0.2, -0.15) is 0 Å². The third-order valence-corrected chi connectivity index (χ3v) is 5.97. The summed E-state index contributed by atoms with van der Waals surface area (Å²) in [6.07, 6.45) is 4.90. The average molecular weight is 330 g/mol. The summed E-state index contributed by atoms with van der Waals surface area (Å²) < 4.78 is 31.3. The van der Waals surface area contributed by atoms with Crippen LogP contribution < -0.4 is 0 Å². The SMILES string of the molecule is COCCN1CCCC12CCCN(C(=O)C1CC(F)(F)C1)CC2. The number of carbonyl (C=O) groups is 1. The summed E-state index contributed by atoms with van der Waals surface area (Å²) in [7, 11) is 1.73. The van der Waals surface area contributed by atoms with Crippen LogP contribution in [0, 0.1) is 5.92 Å². The molecule has 2 saturated heterocycles. The highest BCUT2D eigenvalue weighted by Gasteiger charge is 2.50. The van der Waals surface area contributed by atoms with E-state index in [9.17, 15) is 13.6 Å². The standard InChI is InChI=1S/C17H28F2N2O2/c1-23-11-10-21-8-3-5-16(21)4-2-7-20(9-6-16)15(22)14-12-17(18,19)13-14/h14H,2-13H2,1H3. The molecule has 1 atom stereocenters. The maximum absolute atomic E-state index is 13.0. The van der Waals surface area contributed by atoms with Crippen LogP contribution in [0.15, 0.2) is 0 Å². The number of hydrogen-bond acceptors (Lipinski definition) is 3. The molecule has 23 heavy (non-hydrogen) atoms. The summed E-state index contributed by atoms with van der Waals surface area (Å²) in [6.45, 7) is 4.22. The Morgan fingerprint density at radius 2 is 1.83 bits per heavy atom. The molecule has 3 aliphatic rings. The predicted molar refractivity (Wildman–Crippen MR) is 83.5 cm³/mol. The first-order valence-corrected chi connectivity index (χ1v) is 8.86. The topological polar surface area (TPSA) is 32.8 Å². The van der Waals surface area contributed by atoms with Crippen LogP contribution in [-0.4, -0.2) is 67.1 Å². The Hall–Kier alpha value is -0.750. The Labute approximate surface area is 137 Å². The van der Waals surface area contributed by atoms with Crippen molar-refractivity contribution >= 4 is 5.91 Å². The highest BCUT2D eigenvalue weighted by Crippen LogP contribution is 2.44. The molecular formula is C17H28F2N2O2. The number of halogens is 2. The van der Waals surface area contributed by atoms with Gasteiger partial charge in [0.05, 0.1) is 6.61 Å². The maximum Gasteiger partial charge on any atom is 0.249 e. The number of carbonyl (C=O) groups excluding carboxylic acids is 1. The van der Waals surface area contributed by atoms with Gasteiger partial charge in [0.25, 0.3) is 0 Å². The van der Waals surface area contributed by atoms with Crippen molar-refractivity contribution in [2.24, 2.45) is 5.92 Å². The van der Waals surface area contributed by atoms with Crippen molar-refractivity contribution in [2.45, 2.75) is 56.4 Å². The maximum atomic E-state index is 13.0. The zero-order valence-electron chi connectivity index (χ0n) is 14.0. The van der Waals surface area contributed by atoms with Gasteiger partial charge in [-0.15, -0.1) is 0 Å². The minimum Gasteiger partial charge on any atom is -0.383 e. The second-order valence-corrected chi connectivity index (χ2v) is 7.45. The lowest BCUT2D eigenvalue weighted by Crippen LogP contribution is -2.48. The molecule has 0 radical (unpaired) electrons. The third kappa shape index (κ3) is 3.53. The minimum absolute atomic E-state index is 0.0468. The van der Waals surface area contributed by atoms with Gasteiger partial charge in [0.2, 0.25) is 11.8 Å². The molecule has 0 N–H and O–H groups in total. The van der Waals surface area contributed by atoms with Gasteiger partial charge in [-0.1, -0.05) is 0 Å². The molecule has 132 valence electrons. The number of alkyl halides is 2. The molecule has 0 aromatic heterocycles. The molecule has 3 rings (SSSR count). The zero-order valence-corrected chi connectivity index (χ0v) is 14.0. The summed E-state index contributed by atoms with van der Waals surface area (Å²) in [5, 5.41) is 0. The Bertz CT molecular complexity index is 438. The second kappa shape index (κ2) is 6.63. The number of amides is 1. The zero-order chi connectivity index (χ0) is 16.5. The van der Waals surface area contributed by atoms with Crippen molar-refractivity contribution in [3.8, 4) is 0 Å². The van der Waals surface area contributed by atoms with E-state index in [-0.39, 0.29) is 24.3 Å². The Morgan fingerprint density at radius 3 is 2.48 bits per heavy atom. The van der Waals surface area contributed by atoms with Crippen LogP contribution in [0.1, 0.15) is 44.9 Å². The lowest BCUT2D eigenvalue weighted by molar-refractivity contribution is -0.159. The number of likely N-dealkylation sites (tertiary alicyclic amines) is 2. The molecule has 2 aliphatic heterocycles. The van der Waals surface area contributed by atoms with Crippen molar-refractivity contribution in [1.82, 2.24) is 9.80 Å².